The van der Waals surface area contributed by atoms with Crippen LogP contribution >= 0.6 is 11.6 Å². The zero-order chi connectivity index (χ0) is 18.5. The molecule has 1 aliphatic rings. The Kier molecular flexibility index (Phi) is 6.00. The number of hydrogen-bond donors (Lipinski definition) is 1. The highest BCUT2D eigenvalue weighted by atomic mass is 35.5. The van der Waals surface area contributed by atoms with Crippen LogP contribution in [0.5, 0.6) is 11.5 Å². The Balaban J connectivity index is 1.63. The fourth-order valence-electron chi connectivity index (χ4n) is 2.96. The first-order valence-corrected chi connectivity index (χ1v) is 8.84. The number of aromatic nitrogens is 1. The molecule has 1 fully saturated rings. The van der Waals surface area contributed by atoms with Crippen LogP contribution in [0, 0.1) is 0 Å². The van der Waals surface area contributed by atoms with Crippen LogP contribution in [0.4, 0.5) is 0 Å². The van der Waals surface area contributed by atoms with Crippen molar-refractivity contribution in [3.8, 4) is 11.5 Å². The molecule has 1 aliphatic heterocycles. The molecule has 7 nitrogen and oxygen atoms in total. The van der Waals surface area contributed by atoms with Gasteiger partial charge < -0.3 is 24.0 Å². The molecule has 1 aromatic carbocycles. The van der Waals surface area contributed by atoms with Gasteiger partial charge in [-0.3, -0.25) is 4.79 Å². The lowest BCUT2D eigenvalue weighted by molar-refractivity contribution is 0.0493. The highest BCUT2D eigenvalue weighted by Crippen LogP contribution is 2.29. The Morgan fingerprint density at radius 2 is 2.27 bits per heavy atom. The maximum Gasteiger partial charge on any atom is 0.276 e. The second-order valence-corrected chi connectivity index (χ2v) is 6.50. The van der Waals surface area contributed by atoms with Crippen LogP contribution in [0.25, 0.3) is 0 Å². The van der Waals surface area contributed by atoms with Crippen molar-refractivity contribution in [1.82, 2.24) is 10.1 Å². The molecule has 0 aliphatic carbocycles. The van der Waals surface area contributed by atoms with Gasteiger partial charge in [0, 0.05) is 18.7 Å². The molecule has 1 amide bonds. The van der Waals surface area contributed by atoms with Gasteiger partial charge >= 0.3 is 0 Å². The summed E-state index contributed by atoms with van der Waals surface area (Å²) in [5.41, 5.74) is 0.213. The van der Waals surface area contributed by atoms with Crippen molar-refractivity contribution in [3.05, 3.63) is 40.7 Å². The first-order chi connectivity index (χ1) is 12.6. The first-order valence-electron chi connectivity index (χ1n) is 8.46. The van der Waals surface area contributed by atoms with E-state index in [2.05, 4.69) is 5.16 Å². The number of likely N-dealkylation sites (tertiary alicyclic amines) is 1. The van der Waals surface area contributed by atoms with E-state index in [0.29, 0.717) is 28.8 Å². The summed E-state index contributed by atoms with van der Waals surface area (Å²) in [6.07, 6.45) is 2.73. The van der Waals surface area contributed by atoms with E-state index < -0.39 is 0 Å². The van der Waals surface area contributed by atoms with Crippen molar-refractivity contribution < 1.29 is 23.9 Å². The van der Waals surface area contributed by atoms with Crippen LogP contribution in [-0.4, -0.2) is 47.4 Å². The fourth-order valence-corrected chi connectivity index (χ4v) is 3.19. The minimum absolute atomic E-state index is 0.0461. The smallest absolute Gasteiger partial charge is 0.276 e. The molecule has 1 atom stereocenters. The van der Waals surface area contributed by atoms with Crippen LogP contribution in [0.3, 0.4) is 0 Å². The molecule has 26 heavy (non-hydrogen) atoms. The number of rotatable bonds is 6. The Hall–Kier alpha value is -2.25. The van der Waals surface area contributed by atoms with Crippen LogP contribution in [-0.2, 0) is 6.61 Å². The molecule has 0 radical (unpaired) electrons. The molecular formula is C18H21ClN2O5. The zero-order valence-electron chi connectivity index (χ0n) is 14.5. The van der Waals surface area contributed by atoms with E-state index in [-0.39, 0.29) is 30.9 Å². The summed E-state index contributed by atoms with van der Waals surface area (Å²) in [7, 11) is 1.56. The predicted molar refractivity (Wildman–Crippen MR) is 94.6 cm³/mol. The largest absolute Gasteiger partial charge is 0.497 e. The zero-order valence-corrected chi connectivity index (χ0v) is 15.2. The van der Waals surface area contributed by atoms with Gasteiger partial charge in [0.1, 0.15) is 18.1 Å². The number of piperidine rings is 1. The topological polar surface area (TPSA) is 85.0 Å². The summed E-state index contributed by atoms with van der Waals surface area (Å²) >= 11 is 6.13. The second-order valence-electron chi connectivity index (χ2n) is 6.09. The number of methoxy groups -OCH3 is 1. The number of nitrogens with zero attached hydrogens (tertiary/aromatic N) is 2. The highest BCUT2D eigenvalue weighted by molar-refractivity contribution is 6.32. The maximum absolute atomic E-state index is 12.6. The van der Waals surface area contributed by atoms with Crippen LogP contribution in [0.1, 0.15) is 35.5 Å². The van der Waals surface area contributed by atoms with E-state index in [9.17, 15) is 9.90 Å². The molecular weight excluding hydrogens is 360 g/mol. The average molecular weight is 381 g/mol. The lowest BCUT2D eigenvalue weighted by Crippen LogP contribution is -2.45. The monoisotopic (exact) mass is 380 g/mol. The van der Waals surface area contributed by atoms with Crippen molar-refractivity contribution in [3.63, 3.8) is 0 Å². The van der Waals surface area contributed by atoms with Crippen molar-refractivity contribution in [2.75, 3.05) is 20.3 Å². The summed E-state index contributed by atoms with van der Waals surface area (Å²) in [4.78, 5) is 14.3. The van der Waals surface area contributed by atoms with E-state index in [1.54, 1.807) is 36.3 Å². The highest BCUT2D eigenvalue weighted by Gasteiger charge is 2.28. The SMILES string of the molecule is COc1ccc(OCc2cc(C(=O)N3CCCCC3CO)no2)c(Cl)c1. The number of aliphatic hydroxyl groups is 1. The summed E-state index contributed by atoms with van der Waals surface area (Å²) in [6.45, 7) is 0.662. The minimum atomic E-state index is -0.235. The third-order valence-corrected chi connectivity index (χ3v) is 4.68. The number of carbonyl (C=O) groups is 1. The standard InChI is InChI=1S/C18H21ClN2O5/c1-24-13-5-6-17(15(19)8-13)25-11-14-9-16(20-26-14)18(23)21-7-3-2-4-12(21)10-22/h5-6,8-9,12,22H,2-4,7,10-11H2,1H3. The third-order valence-electron chi connectivity index (χ3n) is 4.39. The Morgan fingerprint density at radius 3 is 3.00 bits per heavy atom. The molecule has 0 saturated carbocycles. The number of hydrogen-bond acceptors (Lipinski definition) is 6. The fraction of sp³-hybridized carbons (Fsp3) is 0.444. The molecule has 0 bridgehead atoms. The molecule has 2 heterocycles. The third kappa shape index (κ3) is 4.11. The normalized spacial score (nSPS) is 17.2. The Labute approximate surface area is 156 Å². The van der Waals surface area contributed by atoms with Crippen molar-refractivity contribution in [2.24, 2.45) is 0 Å². The van der Waals surface area contributed by atoms with Gasteiger partial charge in [0.25, 0.3) is 5.91 Å². The Morgan fingerprint density at radius 1 is 1.42 bits per heavy atom. The maximum atomic E-state index is 12.6. The molecule has 1 saturated heterocycles. The van der Waals surface area contributed by atoms with Crippen LogP contribution in [0.15, 0.2) is 28.8 Å². The predicted octanol–water partition coefficient (Wildman–Crippen LogP) is 2.90. The van der Waals surface area contributed by atoms with Gasteiger partial charge in [-0.05, 0) is 31.4 Å². The Bertz CT molecular complexity index is 764. The van der Waals surface area contributed by atoms with E-state index in [0.717, 1.165) is 19.3 Å². The van der Waals surface area contributed by atoms with Crippen molar-refractivity contribution in [1.29, 1.82) is 0 Å². The van der Waals surface area contributed by atoms with Gasteiger partial charge in [-0.1, -0.05) is 16.8 Å². The number of benzene rings is 1. The summed E-state index contributed by atoms with van der Waals surface area (Å²) in [5.74, 6) is 1.29. The quantitative estimate of drug-likeness (QED) is 0.829. The number of amides is 1. The molecule has 140 valence electrons. The van der Waals surface area contributed by atoms with Crippen molar-refractivity contribution in [2.45, 2.75) is 31.9 Å². The van der Waals surface area contributed by atoms with Gasteiger partial charge in [0.05, 0.1) is 24.8 Å². The number of ether oxygens (including phenoxy) is 2. The molecule has 8 heteroatoms. The minimum Gasteiger partial charge on any atom is -0.497 e. The van der Waals surface area contributed by atoms with Gasteiger partial charge in [-0.2, -0.15) is 0 Å². The molecule has 2 aromatic rings. The van der Waals surface area contributed by atoms with E-state index in [1.165, 1.54) is 0 Å². The average Bonchev–Trinajstić information content (AvgIpc) is 3.15. The molecule has 1 unspecified atom stereocenters. The lowest BCUT2D eigenvalue weighted by atomic mass is 10.0. The molecule has 0 spiro atoms. The number of halogens is 1. The summed E-state index contributed by atoms with van der Waals surface area (Å²) in [6, 6.07) is 6.48. The summed E-state index contributed by atoms with van der Waals surface area (Å²) in [5, 5.41) is 13.7. The van der Waals surface area contributed by atoms with Gasteiger partial charge in [0.2, 0.25) is 0 Å². The van der Waals surface area contributed by atoms with Gasteiger partial charge in [0.15, 0.2) is 11.5 Å². The number of carbonyl (C=O) groups excluding carboxylic acids is 1. The second kappa shape index (κ2) is 8.42. The van der Waals surface area contributed by atoms with Crippen LogP contribution < -0.4 is 9.47 Å². The van der Waals surface area contributed by atoms with E-state index in [4.69, 9.17) is 25.6 Å². The molecule has 1 N–H and O–H groups in total. The summed E-state index contributed by atoms with van der Waals surface area (Å²) < 4.78 is 15.9. The molecule has 1 aromatic heterocycles. The van der Waals surface area contributed by atoms with E-state index in [1.807, 2.05) is 0 Å². The van der Waals surface area contributed by atoms with Gasteiger partial charge in [-0.25, -0.2) is 0 Å². The van der Waals surface area contributed by atoms with Gasteiger partial charge in [-0.15, -0.1) is 0 Å². The van der Waals surface area contributed by atoms with Crippen LogP contribution in [0.2, 0.25) is 5.02 Å². The molecule has 3 rings (SSSR count). The lowest BCUT2D eigenvalue weighted by Gasteiger charge is -2.33. The van der Waals surface area contributed by atoms with E-state index >= 15 is 0 Å². The first kappa shape index (κ1) is 18.5. The number of aliphatic hydroxyl groups excluding tert-OH is 1. The van der Waals surface area contributed by atoms with Crippen molar-refractivity contribution >= 4 is 17.5 Å².